The second kappa shape index (κ2) is 11.1. The van der Waals surface area contributed by atoms with Gasteiger partial charge in [-0.15, -0.1) is 24.0 Å². The molecule has 7 nitrogen and oxygen atoms in total. The largest absolute Gasteiger partial charge is 0.361 e. The van der Waals surface area contributed by atoms with Crippen molar-refractivity contribution in [1.82, 2.24) is 15.8 Å². The number of sulfone groups is 1. The Kier molecular flexibility index (Phi) is 10.7. The summed E-state index contributed by atoms with van der Waals surface area (Å²) in [6, 6.07) is 0. The Morgan fingerprint density at radius 2 is 1.88 bits per heavy atom. The Hall–Kier alpha value is -0.840. The summed E-state index contributed by atoms with van der Waals surface area (Å²) in [5, 5.41) is 10.7. The molecule has 0 aliphatic carbocycles. The average molecular weight is 500 g/mol. The molecule has 0 aromatic carbocycles. The highest BCUT2D eigenvalue weighted by atomic mass is 127. The summed E-state index contributed by atoms with van der Waals surface area (Å²) in [5.41, 5.74) is 1.90. The summed E-state index contributed by atoms with van der Waals surface area (Å²) >= 11 is 0. The molecule has 0 atom stereocenters. The maximum absolute atomic E-state index is 11.4. The summed E-state index contributed by atoms with van der Waals surface area (Å²) in [7, 11) is -1.23. The molecule has 1 aromatic rings. The monoisotopic (exact) mass is 500 g/mol. The smallest absolute Gasteiger partial charge is 0.191 e. The van der Waals surface area contributed by atoms with Crippen molar-refractivity contribution >= 4 is 39.8 Å². The number of hydrogen-bond donors (Lipinski definition) is 2. The standard InChI is InChI=1S/C17H32N4O3S.HI/c1-7-14-13(15(8-2)24-21-14)11-19-16(18-5)20-12-17(3,4)9-10-25(6,22)23;/h7-12H2,1-6H3,(H2,18,19,20);1H. The number of nitrogens with one attached hydrogen (secondary N) is 2. The van der Waals surface area contributed by atoms with Crippen LogP contribution in [0.15, 0.2) is 9.52 Å². The second-order valence-corrected chi connectivity index (χ2v) is 9.32. The van der Waals surface area contributed by atoms with Crippen molar-refractivity contribution in [2.75, 3.05) is 25.6 Å². The molecule has 0 spiro atoms. The molecule has 1 aromatic heterocycles. The van der Waals surface area contributed by atoms with Crippen LogP contribution in [0.2, 0.25) is 0 Å². The Balaban J connectivity index is 0.00000625. The van der Waals surface area contributed by atoms with Crippen molar-refractivity contribution in [1.29, 1.82) is 0 Å². The van der Waals surface area contributed by atoms with Crippen molar-refractivity contribution in [3.8, 4) is 0 Å². The molecule has 0 fully saturated rings. The third-order valence-corrected chi connectivity index (χ3v) is 5.09. The second-order valence-electron chi connectivity index (χ2n) is 7.06. The van der Waals surface area contributed by atoms with Gasteiger partial charge < -0.3 is 15.2 Å². The summed E-state index contributed by atoms with van der Waals surface area (Å²) in [6.45, 7) is 9.41. The van der Waals surface area contributed by atoms with E-state index in [9.17, 15) is 8.42 Å². The summed E-state index contributed by atoms with van der Waals surface area (Å²) in [4.78, 5) is 4.24. The molecule has 0 saturated heterocycles. The zero-order valence-corrected chi connectivity index (χ0v) is 19.8. The Morgan fingerprint density at radius 3 is 2.38 bits per heavy atom. The molecule has 0 aliphatic rings. The van der Waals surface area contributed by atoms with Crippen LogP contribution >= 0.6 is 24.0 Å². The van der Waals surface area contributed by atoms with E-state index in [1.54, 1.807) is 7.05 Å². The van der Waals surface area contributed by atoms with E-state index in [2.05, 4.69) is 27.7 Å². The van der Waals surface area contributed by atoms with Crippen LogP contribution in [0.5, 0.6) is 0 Å². The lowest BCUT2D eigenvalue weighted by Crippen LogP contribution is -2.42. The van der Waals surface area contributed by atoms with Gasteiger partial charge in [0.2, 0.25) is 0 Å². The molecule has 0 saturated carbocycles. The van der Waals surface area contributed by atoms with Gasteiger partial charge in [-0.05, 0) is 18.3 Å². The molecular weight excluding hydrogens is 467 g/mol. The van der Waals surface area contributed by atoms with E-state index in [1.807, 2.05) is 20.8 Å². The molecule has 1 heterocycles. The quantitative estimate of drug-likeness (QED) is 0.308. The van der Waals surface area contributed by atoms with E-state index in [4.69, 9.17) is 4.52 Å². The minimum atomic E-state index is -2.95. The number of hydrogen-bond acceptors (Lipinski definition) is 5. The molecule has 26 heavy (non-hydrogen) atoms. The van der Waals surface area contributed by atoms with E-state index in [0.717, 1.165) is 29.9 Å². The number of rotatable bonds is 9. The number of halogens is 1. The van der Waals surface area contributed by atoms with E-state index >= 15 is 0 Å². The van der Waals surface area contributed by atoms with Crippen molar-refractivity contribution in [2.24, 2.45) is 10.4 Å². The number of nitrogens with zero attached hydrogens (tertiary/aromatic N) is 2. The normalized spacial score (nSPS) is 12.6. The number of aryl methyl sites for hydroxylation is 2. The van der Waals surface area contributed by atoms with Gasteiger partial charge in [-0.2, -0.15) is 0 Å². The predicted octanol–water partition coefficient (Wildman–Crippen LogP) is 2.54. The van der Waals surface area contributed by atoms with Gasteiger partial charge in [0.15, 0.2) is 5.96 Å². The molecule has 2 N–H and O–H groups in total. The molecule has 0 radical (unpaired) electrons. The van der Waals surface area contributed by atoms with Gasteiger partial charge in [0.25, 0.3) is 0 Å². The first-order chi connectivity index (χ1) is 11.6. The van der Waals surface area contributed by atoms with Gasteiger partial charge >= 0.3 is 0 Å². The third kappa shape index (κ3) is 8.70. The number of aliphatic imine (C=N–C) groups is 1. The minimum Gasteiger partial charge on any atom is -0.361 e. The molecule has 0 bridgehead atoms. The highest BCUT2D eigenvalue weighted by molar-refractivity contribution is 14.0. The lowest BCUT2D eigenvalue weighted by Gasteiger charge is -2.25. The highest BCUT2D eigenvalue weighted by Crippen LogP contribution is 2.20. The predicted molar refractivity (Wildman–Crippen MR) is 117 cm³/mol. The lowest BCUT2D eigenvalue weighted by atomic mass is 9.90. The van der Waals surface area contributed by atoms with Gasteiger partial charge in [-0.25, -0.2) is 8.42 Å². The van der Waals surface area contributed by atoms with Crippen LogP contribution < -0.4 is 10.6 Å². The molecular formula is C17H33IN4O3S. The van der Waals surface area contributed by atoms with Crippen LogP contribution in [0.1, 0.15) is 51.1 Å². The fraction of sp³-hybridized carbons (Fsp3) is 0.765. The van der Waals surface area contributed by atoms with Crippen LogP contribution in [0.25, 0.3) is 0 Å². The van der Waals surface area contributed by atoms with Gasteiger partial charge in [-0.3, -0.25) is 4.99 Å². The fourth-order valence-corrected chi connectivity index (χ4v) is 3.33. The van der Waals surface area contributed by atoms with Crippen molar-refractivity contribution in [3.05, 3.63) is 17.0 Å². The number of guanidine groups is 1. The zero-order valence-electron chi connectivity index (χ0n) is 16.7. The average Bonchev–Trinajstić information content (AvgIpc) is 2.94. The molecule has 9 heteroatoms. The third-order valence-electron chi connectivity index (χ3n) is 4.15. The van der Waals surface area contributed by atoms with Gasteiger partial charge in [-0.1, -0.05) is 32.9 Å². The van der Waals surface area contributed by atoms with Crippen molar-refractivity contribution < 1.29 is 12.9 Å². The first kappa shape index (κ1) is 25.2. The SMILES string of the molecule is CCc1noc(CC)c1CNC(=NC)NCC(C)(C)CCS(C)(=O)=O.I. The van der Waals surface area contributed by atoms with Crippen LogP contribution in [-0.4, -0.2) is 45.1 Å². The van der Waals surface area contributed by atoms with Crippen molar-refractivity contribution in [3.63, 3.8) is 0 Å². The van der Waals surface area contributed by atoms with Gasteiger partial charge in [0.05, 0.1) is 11.4 Å². The van der Waals surface area contributed by atoms with Crippen LogP contribution in [-0.2, 0) is 29.2 Å². The van der Waals surface area contributed by atoms with Gasteiger partial charge in [0.1, 0.15) is 15.6 Å². The van der Waals surface area contributed by atoms with Crippen LogP contribution in [0.4, 0.5) is 0 Å². The van der Waals surface area contributed by atoms with E-state index in [1.165, 1.54) is 6.26 Å². The fourth-order valence-electron chi connectivity index (χ4n) is 2.40. The molecule has 1 rings (SSSR count). The summed E-state index contributed by atoms with van der Waals surface area (Å²) < 4.78 is 28.1. The maximum Gasteiger partial charge on any atom is 0.191 e. The minimum absolute atomic E-state index is 0. The summed E-state index contributed by atoms with van der Waals surface area (Å²) in [5.74, 6) is 1.76. The van der Waals surface area contributed by atoms with E-state index in [0.29, 0.717) is 25.5 Å². The molecule has 0 aliphatic heterocycles. The van der Waals surface area contributed by atoms with Crippen molar-refractivity contribution in [2.45, 2.75) is 53.5 Å². The lowest BCUT2D eigenvalue weighted by molar-refractivity contribution is 0.348. The first-order valence-electron chi connectivity index (χ1n) is 8.70. The maximum atomic E-state index is 11.4. The van der Waals surface area contributed by atoms with Crippen LogP contribution in [0.3, 0.4) is 0 Å². The molecule has 152 valence electrons. The Morgan fingerprint density at radius 1 is 1.23 bits per heavy atom. The Bertz CT molecular complexity index is 663. The number of aromatic nitrogens is 1. The van der Waals surface area contributed by atoms with E-state index in [-0.39, 0.29) is 35.1 Å². The van der Waals surface area contributed by atoms with Crippen LogP contribution in [0, 0.1) is 5.41 Å². The van der Waals surface area contributed by atoms with E-state index < -0.39 is 9.84 Å². The summed E-state index contributed by atoms with van der Waals surface area (Å²) in [6.07, 6.45) is 3.49. The zero-order chi connectivity index (χ0) is 19.1. The first-order valence-corrected chi connectivity index (χ1v) is 10.8. The molecule has 0 amide bonds. The Labute approximate surface area is 174 Å². The molecule has 0 unspecified atom stereocenters. The highest BCUT2D eigenvalue weighted by Gasteiger charge is 2.21. The van der Waals surface area contributed by atoms with Gasteiger partial charge in [0, 0.05) is 38.4 Å². The topological polar surface area (TPSA) is 96.6 Å².